The SMILES string of the molecule is COc1cscc1-c1nnn(C2CCC(=O)NC2=O)c1I. The summed E-state index contributed by atoms with van der Waals surface area (Å²) in [4.78, 5) is 23.1. The summed E-state index contributed by atoms with van der Waals surface area (Å²) in [7, 11) is 1.60. The zero-order valence-corrected chi connectivity index (χ0v) is 14.0. The number of aromatic nitrogens is 3. The van der Waals surface area contributed by atoms with Gasteiger partial charge in [0.25, 0.3) is 5.91 Å². The van der Waals surface area contributed by atoms with Crippen LogP contribution in [-0.4, -0.2) is 33.9 Å². The Bertz CT molecular complexity index is 711. The molecule has 2 aromatic heterocycles. The number of rotatable bonds is 3. The van der Waals surface area contributed by atoms with Crippen molar-refractivity contribution in [1.82, 2.24) is 20.3 Å². The van der Waals surface area contributed by atoms with E-state index in [4.69, 9.17) is 4.74 Å². The molecule has 0 bridgehead atoms. The summed E-state index contributed by atoms with van der Waals surface area (Å²) in [5.41, 5.74) is 1.53. The van der Waals surface area contributed by atoms with Crippen LogP contribution in [0.2, 0.25) is 0 Å². The lowest BCUT2D eigenvalue weighted by Gasteiger charge is -2.21. The molecule has 110 valence electrons. The number of hydrogen-bond donors (Lipinski definition) is 1. The number of carbonyl (C=O) groups is 2. The van der Waals surface area contributed by atoms with Crippen molar-refractivity contribution in [2.45, 2.75) is 18.9 Å². The normalized spacial score (nSPS) is 18.7. The van der Waals surface area contributed by atoms with E-state index >= 15 is 0 Å². The number of halogens is 1. The first-order chi connectivity index (χ1) is 10.1. The van der Waals surface area contributed by atoms with Gasteiger partial charge in [0.15, 0.2) is 0 Å². The number of nitrogens with one attached hydrogen (secondary N) is 1. The van der Waals surface area contributed by atoms with Gasteiger partial charge < -0.3 is 4.74 Å². The molecule has 21 heavy (non-hydrogen) atoms. The van der Waals surface area contributed by atoms with E-state index in [0.717, 1.165) is 15.0 Å². The molecule has 1 saturated heterocycles. The Morgan fingerprint density at radius 3 is 3.00 bits per heavy atom. The van der Waals surface area contributed by atoms with Crippen molar-refractivity contribution in [2.75, 3.05) is 7.11 Å². The number of thiophene rings is 1. The summed E-state index contributed by atoms with van der Waals surface area (Å²) in [6.45, 7) is 0. The topological polar surface area (TPSA) is 86.1 Å². The van der Waals surface area contributed by atoms with Crippen molar-refractivity contribution >= 4 is 45.7 Å². The van der Waals surface area contributed by atoms with Crippen LogP contribution in [-0.2, 0) is 9.59 Å². The number of methoxy groups -OCH3 is 1. The monoisotopic (exact) mass is 418 g/mol. The van der Waals surface area contributed by atoms with E-state index in [1.54, 1.807) is 11.8 Å². The summed E-state index contributed by atoms with van der Waals surface area (Å²) in [6.07, 6.45) is 0.744. The van der Waals surface area contributed by atoms with Crippen molar-refractivity contribution in [2.24, 2.45) is 0 Å². The predicted molar refractivity (Wildman–Crippen MR) is 84.0 cm³/mol. The number of piperidine rings is 1. The Morgan fingerprint density at radius 1 is 1.48 bits per heavy atom. The van der Waals surface area contributed by atoms with Gasteiger partial charge in [-0.3, -0.25) is 14.9 Å². The highest BCUT2D eigenvalue weighted by molar-refractivity contribution is 14.1. The van der Waals surface area contributed by atoms with Crippen molar-refractivity contribution in [3.63, 3.8) is 0 Å². The Morgan fingerprint density at radius 2 is 2.29 bits per heavy atom. The third-order valence-corrected chi connectivity index (χ3v) is 4.97. The minimum absolute atomic E-state index is 0.244. The highest BCUT2D eigenvalue weighted by Gasteiger charge is 2.31. The Kier molecular flexibility index (Phi) is 3.93. The van der Waals surface area contributed by atoms with Crippen molar-refractivity contribution in [3.05, 3.63) is 14.5 Å². The highest BCUT2D eigenvalue weighted by Crippen LogP contribution is 2.35. The molecule has 1 unspecified atom stereocenters. The van der Waals surface area contributed by atoms with Gasteiger partial charge in [-0.15, -0.1) is 16.4 Å². The van der Waals surface area contributed by atoms with Crippen LogP contribution in [0.4, 0.5) is 0 Å². The summed E-state index contributed by atoms with van der Waals surface area (Å²) in [6, 6.07) is -0.500. The Labute approximate surface area is 137 Å². The smallest absolute Gasteiger partial charge is 0.251 e. The minimum atomic E-state index is -0.500. The lowest BCUT2D eigenvalue weighted by atomic mass is 10.1. The largest absolute Gasteiger partial charge is 0.495 e. The molecule has 3 heterocycles. The average molecular weight is 418 g/mol. The second kappa shape index (κ2) is 5.72. The standard InChI is InChI=1S/C12H11IN4O3S/c1-20-8-5-21-4-6(8)10-11(13)17(16-15-10)7-2-3-9(18)14-12(7)19/h4-5,7H,2-3H2,1H3,(H,14,18,19). The fourth-order valence-corrected chi connectivity index (χ4v) is 3.79. The number of ether oxygens (including phenoxy) is 1. The fraction of sp³-hybridized carbons (Fsp3) is 0.333. The summed E-state index contributed by atoms with van der Waals surface area (Å²) < 4.78 is 7.60. The molecule has 2 amide bonds. The maximum atomic E-state index is 11.9. The summed E-state index contributed by atoms with van der Waals surface area (Å²) >= 11 is 3.62. The molecule has 1 N–H and O–H groups in total. The number of imide groups is 1. The van der Waals surface area contributed by atoms with Crippen LogP contribution in [0.1, 0.15) is 18.9 Å². The fourth-order valence-electron chi connectivity index (χ4n) is 2.18. The average Bonchev–Trinajstić information content (AvgIpc) is 3.05. The molecule has 7 nitrogen and oxygen atoms in total. The first-order valence-electron chi connectivity index (χ1n) is 6.16. The van der Waals surface area contributed by atoms with Crippen LogP contribution < -0.4 is 10.1 Å². The van der Waals surface area contributed by atoms with Gasteiger partial charge in [-0.25, -0.2) is 4.68 Å². The summed E-state index contributed by atoms with van der Waals surface area (Å²) in [5.74, 6) is 0.150. The van der Waals surface area contributed by atoms with Crippen LogP contribution in [0.15, 0.2) is 10.8 Å². The second-order valence-corrected chi connectivity index (χ2v) is 6.26. The van der Waals surface area contributed by atoms with Gasteiger partial charge in [0.1, 0.15) is 21.2 Å². The quantitative estimate of drug-likeness (QED) is 0.605. The van der Waals surface area contributed by atoms with Crippen LogP contribution in [0.5, 0.6) is 5.75 Å². The number of carbonyl (C=O) groups excluding carboxylic acids is 2. The number of hydrogen-bond acceptors (Lipinski definition) is 6. The Hall–Kier alpha value is -1.49. The van der Waals surface area contributed by atoms with Crippen molar-refractivity contribution in [3.8, 4) is 17.0 Å². The number of nitrogens with zero attached hydrogens (tertiary/aromatic N) is 3. The molecule has 0 aromatic carbocycles. The van der Waals surface area contributed by atoms with Crippen LogP contribution >= 0.6 is 33.9 Å². The van der Waals surface area contributed by atoms with Crippen LogP contribution in [0, 0.1) is 3.70 Å². The van der Waals surface area contributed by atoms with E-state index < -0.39 is 6.04 Å². The molecule has 1 fully saturated rings. The second-order valence-electron chi connectivity index (χ2n) is 4.49. The van der Waals surface area contributed by atoms with E-state index in [1.165, 1.54) is 11.3 Å². The maximum absolute atomic E-state index is 11.9. The zero-order chi connectivity index (χ0) is 15.0. The molecule has 9 heteroatoms. The third kappa shape index (κ3) is 2.55. The van der Waals surface area contributed by atoms with Crippen molar-refractivity contribution in [1.29, 1.82) is 0 Å². The van der Waals surface area contributed by atoms with E-state index in [2.05, 4.69) is 38.2 Å². The third-order valence-electron chi connectivity index (χ3n) is 3.24. The van der Waals surface area contributed by atoms with Gasteiger partial charge in [-0.05, 0) is 29.0 Å². The molecular weight excluding hydrogens is 407 g/mol. The first-order valence-corrected chi connectivity index (χ1v) is 8.19. The van der Waals surface area contributed by atoms with Crippen LogP contribution in [0.25, 0.3) is 11.3 Å². The lowest BCUT2D eigenvalue weighted by Crippen LogP contribution is -2.42. The molecular formula is C12H11IN4O3S. The molecule has 1 aliphatic heterocycles. The van der Waals surface area contributed by atoms with Gasteiger partial charge in [0.2, 0.25) is 5.91 Å². The van der Waals surface area contributed by atoms with E-state index in [9.17, 15) is 9.59 Å². The molecule has 0 radical (unpaired) electrons. The molecule has 1 atom stereocenters. The molecule has 0 saturated carbocycles. The maximum Gasteiger partial charge on any atom is 0.251 e. The lowest BCUT2D eigenvalue weighted by molar-refractivity contribution is -0.136. The van der Waals surface area contributed by atoms with Gasteiger partial charge in [0.05, 0.1) is 12.7 Å². The molecule has 1 aliphatic rings. The van der Waals surface area contributed by atoms with Gasteiger partial charge in [-0.1, -0.05) is 5.21 Å². The molecule has 2 aromatic rings. The number of amides is 2. The van der Waals surface area contributed by atoms with Gasteiger partial charge in [0, 0.05) is 17.2 Å². The molecule has 3 rings (SSSR count). The molecule has 0 aliphatic carbocycles. The van der Waals surface area contributed by atoms with Crippen LogP contribution in [0.3, 0.4) is 0 Å². The van der Waals surface area contributed by atoms with Crippen molar-refractivity contribution < 1.29 is 14.3 Å². The van der Waals surface area contributed by atoms with Gasteiger partial charge in [-0.2, -0.15) is 0 Å². The predicted octanol–water partition coefficient (Wildman–Crippen LogP) is 1.60. The summed E-state index contributed by atoms with van der Waals surface area (Å²) in [5, 5.41) is 14.4. The van der Waals surface area contributed by atoms with E-state index in [0.29, 0.717) is 18.5 Å². The zero-order valence-electron chi connectivity index (χ0n) is 11.0. The van der Waals surface area contributed by atoms with E-state index in [-0.39, 0.29) is 11.8 Å². The van der Waals surface area contributed by atoms with E-state index in [1.807, 2.05) is 10.8 Å². The molecule has 0 spiro atoms. The Balaban J connectivity index is 1.96. The first kappa shape index (κ1) is 14.4. The highest BCUT2D eigenvalue weighted by atomic mass is 127. The van der Waals surface area contributed by atoms with Gasteiger partial charge >= 0.3 is 0 Å². The minimum Gasteiger partial charge on any atom is -0.495 e.